The van der Waals surface area contributed by atoms with Gasteiger partial charge in [0.05, 0.1) is 6.04 Å². The van der Waals surface area contributed by atoms with Gasteiger partial charge in [0.1, 0.15) is 0 Å². The van der Waals surface area contributed by atoms with Gasteiger partial charge >= 0.3 is 0 Å². The summed E-state index contributed by atoms with van der Waals surface area (Å²) in [6.07, 6.45) is 3.43. The number of aliphatic imine (C=N–C) groups is 1. The zero-order valence-electron chi connectivity index (χ0n) is 16.8. The molecule has 0 spiro atoms. The smallest absolute Gasteiger partial charge is 0.239 e. The van der Waals surface area contributed by atoms with Crippen molar-refractivity contribution in [2.45, 2.75) is 53.0 Å². The summed E-state index contributed by atoms with van der Waals surface area (Å²) in [5.41, 5.74) is 0.329. The van der Waals surface area contributed by atoms with Crippen LogP contribution in [0.15, 0.2) is 4.99 Å². The fourth-order valence-electron chi connectivity index (χ4n) is 3.56. The standard InChI is InChI=1S/C19H37N5O/c1-16(17(25)23-10-6-7-11-23)22-12-14-24(15-13-22)18(20-5)21-9-8-19(2,3)4/h16H,6-15H2,1-5H3,(H,20,21). The summed E-state index contributed by atoms with van der Waals surface area (Å²) < 4.78 is 0. The number of hydrogen-bond donors (Lipinski definition) is 1. The van der Waals surface area contributed by atoms with Crippen molar-refractivity contribution in [1.82, 2.24) is 20.0 Å². The van der Waals surface area contributed by atoms with Gasteiger partial charge in [-0.15, -0.1) is 0 Å². The number of piperazine rings is 1. The molecule has 0 aromatic heterocycles. The second kappa shape index (κ2) is 8.88. The van der Waals surface area contributed by atoms with E-state index in [0.29, 0.717) is 11.3 Å². The lowest BCUT2D eigenvalue weighted by Crippen LogP contribution is -2.57. The van der Waals surface area contributed by atoms with Crippen LogP contribution in [-0.2, 0) is 4.79 Å². The SMILES string of the molecule is CN=C(NCCC(C)(C)C)N1CCN(C(C)C(=O)N2CCCC2)CC1. The van der Waals surface area contributed by atoms with Gasteiger partial charge < -0.3 is 15.1 Å². The first-order valence-electron chi connectivity index (χ1n) is 9.80. The lowest BCUT2D eigenvalue weighted by Gasteiger charge is -2.39. The van der Waals surface area contributed by atoms with Crippen LogP contribution in [0.2, 0.25) is 0 Å². The summed E-state index contributed by atoms with van der Waals surface area (Å²) in [7, 11) is 1.85. The summed E-state index contributed by atoms with van der Waals surface area (Å²) >= 11 is 0. The number of nitrogens with zero attached hydrogens (tertiary/aromatic N) is 4. The highest BCUT2D eigenvalue weighted by atomic mass is 16.2. The van der Waals surface area contributed by atoms with Crippen molar-refractivity contribution in [1.29, 1.82) is 0 Å². The Morgan fingerprint density at radius 3 is 2.16 bits per heavy atom. The van der Waals surface area contributed by atoms with Gasteiger partial charge in [0.15, 0.2) is 5.96 Å². The molecule has 1 N–H and O–H groups in total. The van der Waals surface area contributed by atoms with Crippen molar-refractivity contribution < 1.29 is 4.79 Å². The normalized spacial score (nSPS) is 21.6. The molecule has 6 nitrogen and oxygen atoms in total. The number of guanidine groups is 1. The molecule has 2 rings (SSSR count). The Labute approximate surface area is 153 Å². The zero-order chi connectivity index (χ0) is 18.4. The zero-order valence-corrected chi connectivity index (χ0v) is 16.8. The van der Waals surface area contributed by atoms with Gasteiger partial charge in [0, 0.05) is 52.9 Å². The van der Waals surface area contributed by atoms with E-state index >= 15 is 0 Å². The molecule has 2 aliphatic heterocycles. The number of carbonyl (C=O) groups is 1. The maximum atomic E-state index is 12.6. The first-order chi connectivity index (χ1) is 11.8. The van der Waals surface area contributed by atoms with E-state index in [2.05, 4.69) is 47.8 Å². The Kier molecular flexibility index (Phi) is 7.11. The van der Waals surface area contributed by atoms with Crippen molar-refractivity contribution in [2.75, 3.05) is 52.9 Å². The average Bonchev–Trinajstić information content (AvgIpc) is 3.11. The predicted octanol–water partition coefficient (Wildman–Crippen LogP) is 1.63. The molecule has 25 heavy (non-hydrogen) atoms. The summed E-state index contributed by atoms with van der Waals surface area (Å²) in [6.45, 7) is 15.3. The third-order valence-electron chi connectivity index (χ3n) is 5.31. The number of hydrogen-bond acceptors (Lipinski definition) is 3. The summed E-state index contributed by atoms with van der Waals surface area (Å²) in [6, 6.07) is -0.00360. The van der Waals surface area contributed by atoms with Crippen LogP contribution >= 0.6 is 0 Å². The van der Waals surface area contributed by atoms with Crippen LogP contribution in [0.5, 0.6) is 0 Å². The van der Waals surface area contributed by atoms with Crippen LogP contribution in [0.25, 0.3) is 0 Å². The van der Waals surface area contributed by atoms with Crippen molar-refractivity contribution in [2.24, 2.45) is 10.4 Å². The Balaban J connectivity index is 1.78. The molecule has 2 fully saturated rings. The molecule has 2 aliphatic rings. The number of rotatable bonds is 4. The minimum Gasteiger partial charge on any atom is -0.356 e. The molecule has 0 radical (unpaired) electrons. The van der Waals surface area contributed by atoms with Crippen molar-refractivity contribution in [3.8, 4) is 0 Å². The first kappa shape index (κ1) is 20.0. The Hall–Kier alpha value is -1.30. The van der Waals surface area contributed by atoms with Gasteiger partial charge in [-0.3, -0.25) is 14.7 Å². The molecule has 0 aromatic carbocycles. The molecule has 0 bridgehead atoms. The maximum absolute atomic E-state index is 12.6. The number of carbonyl (C=O) groups excluding carboxylic acids is 1. The van der Waals surface area contributed by atoms with Gasteiger partial charge in [-0.2, -0.15) is 0 Å². The monoisotopic (exact) mass is 351 g/mol. The van der Waals surface area contributed by atoms with Crippen LogP contribution in [0.4, 0.5) is 0 Å². The Morgan fingerprint density at radius 2 is 1.64 bits per heavy atom. The molecule has 0 aliphatic carbocycles. The molecule has 2 heterocycles. The Bertz CT molecular complexity index is 457. The van der Waals surface area contributed by atoms with Crippen molar-refractivity contribution in [3.63, 3.8) is 0 Å². The molecule has 6 heteroatoms. The minimum atomic E-state index is -0.00360. The molecule has 0 aromatic rings. The van der Waals surface area contributed by atoms with Crippen LogP contribution in [0, 0.1) is 5.41 Å². The van der Waals surface area contributed by atoms with Crippen LogP contribution in [0.1, 0.15) is 47.0 Å². The second-order valence-electron chi connectivity index (χ2n) is 8.52. The van der Waals surface area contributed by atoms with Crippen LogP contribution in [0.3, 0.4) is 0 Å². The van der Waals surface area contributed by atoms with E-state index in [1.54, 1.807) is 0 Å². The van der Waals surface area contributed by atoms with Gasteiger partial charge in [0.2, 0.25) is 5.91 Å². The number of likely N-dealkylation sites (tertiary alicyclic amines) is 1. The van der Waals surface area contributed by atoms with Crippen molar-refractivity contribution in [3.05, 3.63) is 0 Å². The summed E-state index contributed by atoms with van der Waals surface area (Å²) in [4.78, 5) is 23.7. The number of amides is 1. The van der Waals surface area contributed by atoms with E-state index in [-0.39, 0.29) is 6.04 Å². The molecule has 2 saturated heterocycles. The molecule has 1 atom stereocenters. The third-order valence-corrected chi connectivity index (χ3v) is 5.31. The van der Waals surface area contributed by atoms with E-state index in [1.165, 1.54) is 0 Å². The molecular weight excluding hydrogens is 314 g/mol. The first-order valence-corrected chi connectivity index (χ1v) is 9.80. The number of nitrogens with one attached hydrogen (secondary N) is 1. The molecule has 1 unspecified atom stereocenters. The van der Waals surface area contributed by atoms with Gasteiger partial charge in [-0.25, -0.2) is 0 Å². The third kappa shape index (κ3) is 5.87. The van der Waals surface area contributed by atoms with Gasteiger partial charge in [0.25, 0.3) is 0 Å². The van der Waals surface area contributed by atoms with E-state index < -0.39 is 0 Å². The van der Waals surface area contributed by atoms with Gasteiger partial charge in [-0.1, -0.05) is 20.8 Å². The van der Waals surface area contributed by atoms with E-state index in [4.69, 9.17) is 0 Å². The highest BCUT2D eigenvalue weighted by Gasteiger charge is 2.30. The van der Waals surface area contributed by atoms with E-state index in [0.717, 1.165) is 71.0 Å². The summed E-state index contributed by atoms with van der Waals surface area (Å²) in [5, 5.41) is 3.49. The highest BCUT2D eigenvalue weighted by Crippen LogP contribution is 2.17. The van der Waals surface area contributed by atoms with E-state index in [9.17, 15) is 4.79 Å². The van der Waals surface area contributed by atoms with E-state index in [1.807, 2.05) is 11.9 Å². The maximum Gasteiger partial charge on any atom is 0.239 e. The lowest BCUT2D eigenvalue weighted by atomic mass is 9.92. The van der Waals surface area contributed by atoms with Crippen LogP contribution in [-0.4, -0.2) is 85.5 Å². The quantitative estimate of drug-likeness (QED) is 0.618. The lowest BCUT2D eigenvalue weighted by molar-refractivity contribution is -0.135. The topological polar surface area (TPSA) is 51.2 Å². The van der Waals surface area contributed by atoms with Crippen molar-refractivity contribution >= 4 is 11.9 Å². The summed E-state index contributed by atoms with van der Waals surface area (Å²) in [5.74, 6) is 1.29. The second-order valence-corrected chi connectivity index (χ2v) is 8.52. The molecule has 0 saturated carbocycles. The fraction of sp³-hybridized carbons (Fsp3) is 0.895. The predicted molar refractivity (Wildman–Crippen MR) is 104 cm³/mol. The van der Waals surface area contributed by atoms with Gasteiger partial charge in [-0.05, 0) is 31.6 Å². The average molecular weight is 352 g/mol. The highest BCUT2D eigenvalue weighted by molar-refractivity contribution is 5.82. The fourth-order valence-corrected chi connectivity index (χ4v) is 3.56. The largest absolute Gasteiger partial charge is 0.356 e. The minimum absolute atomic E-state index is 0.00360. The molecular formula is C19H37N5O. The molecule has 1 amide bonds. The van der Waals surface area contributed by atoms with Crippen LogP contribution < -0.4 is 5.32 Å². The molecule has 144 valence electrons. The Morgan fingerprint density at radius 1 is 1.04 bits per heavy atom.